The Morgan fingerprint density at radius 2 is 1.70 bits per heavy atom. The van der Waals surface area contributed by atoms with Gasteiger partial charge in [0.15, 0.2) is 6.61 Å². The van der Waals surface area contributed by atoms with Crippen LogP contribution in [0.2, 0.25) is 0 Å². The van der Waals surface area contributed by atoms with E-state index in [-0.39, 0.29) is 6.54 Å². The average Bonchev–Trinajstić information content (AvgIpc) is 2.62. The average molecular weight is 383 g/mol. The van der Waals surface area contributed by atoms with Crippen molar-refractivity contribution in [1.29, 1.82) is 0 Å². The molecule has 0 aliphatic rings. The summed E-state index contributed by atoms with van der Waals surface area (Å²) in [5.41, 5.74) is 0.664. The fourth-order valence-electron chi connectivity index (χ4n) is 1.57. The number of likely N-dealkylation sites (N-methyl/N-ethyl adjacent to an activating group) is 1. The molecule has 0 heterocycles. The fourth-order valence-corrected chi connectivity index (χ4v) is 1.57. The second kappa shape index (κ2) is 13.1. The summed E-state index contributed by atoms with van der Waals surface area (Å²) in [4.78, 5) is 51.9. The first kappa shape index (κ1) is 23.8. The molecule has 0 saturated carbocycles. The van der Waals surface area contributed by atoms with Crippen molar-refractivity contribution in [3.8, 4) is 0 Å². The van der Waals surface area contributed by atoms with E-state index in [4.69, 9.17) is 9.47 Å². The predicted octanol–water partition coefficient (Wildman–Crippen LogP) is 0.738. The number of allylic oxidation sites excluding steroid dienone is 1. The summed E-state index contributed by atoms with van der Waals surface area (Å²) >= 11 is 0. The molecule has 0 spiro atoms. The molecule has 27 heavy (non-hydrogen) atoms. The largest absolute Gasteiger partial charge is 0.456 e. The normalized spacial score (nSPS) is 10.4. The van der Waals surface area contributed by atoms with E-state index in [2.05, 4.69) is 22.9 Å². The molecule has 0 saturated heterocycles. The Balaban J connectivity index is 4.14. The molecule has 0 fully saturated rings. The SMILES string of the molecule is C=CN=C(C=C)CCN(C)C(=O)OCOC(=O)CN(C)C(=O)COC(C)=O. The molecule has 0 aromatic heterocycles. The van der Waals surface area contributed by atoms with E-state index < -0.39 is 37.3 Å². The maximum atomic E-state index is 11.8. The van der Waals surface area contributed by atoms with Crippen molar-refractivity contribution in [3.63, 3.8) is 0 Å². The van der Waals surface area contributed by atoms with Crippen LogP contribution in [0.4, 0.5) is 4.79 Å². The van der Waals surface area contributed by atoms with Gasteiger partial charge in [-0.1, -0.05) is 13.2 Å². The van der Waals surface area contributed by atoms with Gasteiger partial charge in [0, 0.05) is 45.9 Å². The number of rotatable bonds is 11. The summed E-state index contributed by atoms with van der Waals surface area (Å²) in [5.74, 6) is -1.96. The van der Waals surface area contributed by atoms with Crippen LogP contribution in [-0.4, -0.2) is 80.0 Å². The Morgan fingerprint density at radius 1 is 1.04 bits per heavy atom. The van der Waals surface area contributed by atoms with Gasteiger partial charge in [-0.3, -0.25) is 19.4 Å². The molecular weight excluding hydrogens is 358 g/mol. The third-order valence-corrected chi connectivity index (χ3v) is 3.10. The number of nitrogens with zero attached hydrogens (tertiary/aromatic N) is 3. The number of amides is 2. The van der Waals surface area contributed by atoms with Gasteiger partial charge in [0.25, 0.3) is 5.91 Å². The van der Waals surface area contributed by atoms with Gasteiger partial charge in [0.05, 0.1) is 0 Å². The van der Waals surface area contributed by atoms with Gasteiger partial charge in [-0.25, -0.2) is 4.79 Å². The molecule has 0 N–H and O–H groups in total. The summed E-state index contributed by atoms with van der Waals surface area (Å²) in [5, 5.41) is 0. The van der Waals surface area contributed by atoms with Crippen LogP contribution in [0.3, 0.4) is 0 Å². The molecule has 0 aliphatic heterocycles. The van der Waals surface area contributed by atoms with Crippen LogP contribution in [0.1, 0.15) is 13.3 Å². The summed E-state index contributed by atoms with van der Waals surface area (Å²) in [7, 11) is 2.86. The number of carbonyl (C=O) groups excluding carboxylic acids is 4. The summed E-state index contributed by atoms with van der Waals surface area (Å²) in [6.45, 7) is 7.12. The van der Waals surface area contributed by atoms with Crippen LogP contribution in [0, 0.1) is 0 Å². The lowest BCUT2D eigenvalue weighted by Crippen LogP contribution is -2.36. The Kier molecular flexibility index (Phi) is 11.6. The summed E-state index contributed by atoms with van der Waals surface area (Å²) in [6, 6.07) is 0. The van der Waals surface area contributed by atoms with Gasteiger partial charge < -0.3 is 24.0 Å². The Bertz CT molecular complexity index is 601. The first-order chi connectivity index (χ1) is 12.7. The third kappa shape index (κ3) is 11.1. The molecule has 10 nitrogen and oxygen atoms in total. The van der Waals surface area contributed by atoms with Gasteiger partial charge in [0.2, 0.25) is 6.79 Å². The van der Waals surface area contributed by atoms with Crippen LogP contribution in [0.5, 0.6) is 0 Å². The van der Waals surface area contributed by atoms with E-state index in [0.29, 0.717) is 18.7 Å². The second-order valence-electron chi connectivity index (χ2n) is 5.25. The number of carbonyl (C=O) groups is 4. The zero-order valence-corrected chi connectivity index (χ0v) is 15.8. The van der Waals surface area contributed by atoms with Crippen molar-refractivity contribution in [1.82, 2.24) is 9.80 Å². The topological polar surface area (TPSA) is 115 Å². The minimum Gasteiger partial charge on any atom is -0.456 e. The predicted molar refractivity (Wildman–Crippen MR) is 96.8 cm³/mol. The molecule has 0 radical (unpaired) electrons. The van der Waals surface area contributed by atoms with Gasteiger partial charge in [0.1, 0.15) is 6.54 Å². The molecule has 2 amide bonds. The molecule has 0 rings (SSSR count). The molecule has 150 valence electrons. The Labute approximate surface area is 158 Å². The molecule has 0 aromatic carbocycles. The van der Waals surface area contributed by atoms with Gasteiger partial charge in [-0.2, -0.15) is 0 Å². The molecule has 0 aliphatic carbocycles. The number of hydrogen-bond donors (Lipinski definition) is 0. The van der Waals surface area contributed by atoms with Gasteiger partial charge >= 0.3 is 18.0 Å². The summed E-state index contributed by atoms with van der Waals surface area (Å²) < 4.78 is 14.1. The molecule has 0 atom stereocenters. The van der Waals surface area contributed by atoms with Gasteiger partial charge in [-0.05, 0) is 6.08 Å². The number of aliphatic imine (C=N–C) groups is 1. The highest BCUT2D eigenvalue weighted by Gasteiger charge is 2.16. The zero-order chi connectivity index (χ0) is 20.8. The fraction of sp³-hybridized carbons (Fsp3) is 0.471. The highest BCUT2D eigenvalue weighted by Crippen LogP contribution is 1.97. The standard InChI is InChI=1S/C17H25N3O7/c1-6-14(18-7-2)8-9-19(4)17(24)27-12-26-16(23)10-20(5)15(22)11-25-13(3)21/h6-7H,1-2,8-12H2,3-5H3. The quantitative estimate of drug-likeness (QED) is 0.293. The van der Waals surface area contributed by atoms with Gasteiger partial charge in [-0.15, -0.1) is 0 Å². The first-order valence-electron chi connectivity index (χ1n) is 7.92. The Hall–Kier alpha value is -3.17. The zero-order valence-electron chi connectivity index (χ0n) is 15.8. The van der Waals surface area contributed by atoms with E-state index in [1.807, 2.05) is 0 Å². The lowest BCUT2D eigenvalue weighted by molar-refractivity contribution is -0.157. The smallest absolute Gasteiger partial charge is 0.412 e. The number of hydrogen-bond acceptors (Lipinski definition) is 8. The lowest BCUT2D eigenvalue weighted by Gasteiger charge is -2.18. The lowest BCUT2D eigenvalue weighted by atomic mass is 10.2. The highest BCUT2D eigenvalue weighted by atomic mass is 16.7. The van der Waals surface area contributed by atoms with E-state index in [1.54, 1.807) is 6.08 Å². The van der Waals surface area contributed by atoms with Crippen LogP contribution in [0.25, 0.3) is 0 Å². The number of esters is 2. The van der Waals surface area contributed by atoms with E-state index in [1.165, 1.54) is 25.2 Å². The van der Waals surface area contributed by atoms with Crippen molar-refractivity contribution in [2.45, 2.75) is 13.3 Å². The first-order valence-corrected chi connectivity index (χ1v) is 7.92. The number of ether oxygens (including phenoxy) is 3. The van der Waals surface area contributed by atoms with Crippen LogP contribution >= 0.6 is 0 Å². The highest BCUT2D eigenvalue weighted by molar-refractivity contribution is 5.95. The minimum atomic E-state index is -0.781. The van der Waals surface area contributed by atoms with E-state index in [9.17, 15) is 19.2 Å². The monoisotopic (exact) mass is 383 g/mol. The second-order valence-corrected chi connectivity index (χ2v) is 5.25. The van der Waals surface area contributed by atoms with E-state index in [0.717, 1.165) is 11.8 Å². The van der Waals surface area contributed by atoms with Crippen molar-refractivity contribution in [2.24, 2.45) is 4.99 Å². The molecule has 10 heteroatoms. The third-order valence-electron chi connectivity index (χ3n) is 3.10. The van der Waals surface area contributed by atoms with Crippen molar-refractivity contribution >= 4 is 29.7 Å². The van der Waals surface area contributed by atoms with Crippen LogP contribution in [0.15, 0.2) is 30.4 Å². The van der Waals surface area contributed by atoms with Crippen molar-refractivity contribution < 1.29 is 33.4 Å². The maximum Gasteiger partial charge on any atom is 0.412 e. The van der Waals surface area contributed by atoms with Crippen LogP contribution in [-0.2, 0) is 28.6 Å². The van der Waals surface area contributed by atoms with Crippen molar-refractivity contribution in [2.75, 3.05) is 40.6 Å². The summed E-state index contributed by atoms with van der Waals surface area (Å²) in [6.07, 6.45) is 2.70. The molecule has 0 unspecified atom stereocenters. The Morgan fingerprint density at radius 3 is 2.26 bits per heavy atom. The molecule has 0 bridgehead atoms. The van der Waals surface area contributed by atoms with Crippen LogP contribution < -0.4 is 0 Å². The molecular formula is C17H25N3O7. The maximum absolute atomic E-state index is 11.8. The molecule has 0 aromatic rings. The van der Waals surface area contributed by atoms with Crippen molar-refractivity contribution in [3.05, 3.63) is 25.4 Å². The van der Waals surface area contributed by atoms with E-state index >= 15 is 0 Å². The minimum absolute atomic E-state index is 0.318.